The molecule has 0 saturated heterocycles. The summed E-state index contributed by atoms with van der Waals surface area (Å²) in [5, 5.41) is 16.1. The number of anilines is 1. The Labute approximate surface area is 152 Å². The van der Waals surface area contributed by atoms with Crippen LogP contribution in [-0.4, -0.2) is 18.5 Å². The molecule has 0 bridgehead atoms. The number of carbonyl (C=O) groups is 2. The Morgan fingerprint density at radius 3 is 2.92 bits per heavy atom. The lowest BCUT2D eigenvalue weighted by atomic mass is 10.3. The summed E-state index contributed by atoms with van der Waals surface area (Å²) < 4.78 is 5.01. The average Bonchev–Trinajstić information content (AvgIpc) is 3.17. The minimum Gasteiger partial charge on any atom is -0.462 e. The van der Waals surface area contributed by atoms with Crippen molar-refractivity contribution in [3.63, 3.8) is 0 Å². The monoisotopic (exact) mass is 378 g/mol. The van der Waals surface area contributed by atoms with E-state index in [0.29, 0.717) is 20.3 Å². The van der Waals surface area contributed by atoms with E-state index in [1.54, 1.807) is 19.9 Å². The molecule has 0 aromatic carbocycles. The van der Waals surface area contributed by atoms with E-state index in [-0.39, 0.29) is 12.5 Å². The van der Waals surface area contributed by atoms with Crippen LogP contribution in [0, 0.1) is 17.6 Å². The molecule has 0 saturated carbocycles. The van der Waals surface area contributed by atoms with Crippen molar-refractivity contribution in [1.82, 2.24) is 0 Å². The van der Waals surface area contributed by atoms with Crippen LogP contribution >= 0.6 is 34.4 Å². The number of amides is 1. The topological polar surface area (TPSA) is 79.2 Å². The van der Waals surface area contributed by atoms with Crippen molar-refractivity contribution in [3.8, 4) is 5.40 Å². The van der Waals surface area contributed by atoms with E-state index in [2.05, 4.69) is 5.32 Å². The molecule has 0 aliphatic rings. The minimum atomic E-state index is -0.450. The average molecular weight is 379 g/mol. The van der Waals surface area contributed by atoms with Crippen molar-refractivity contribution in [1.29, 1.82) is 5.26 Å². The third kappa shape index (κ3) is 4.47. The highest BCUT2D eigenvalue weighted by Crippen LogP contribution is 2.40. The van der Waals surface area contributed by atoms with Crippen LogP contribution in [0.3, 0.4) is 0 Å². The first-order chi connectivity index (χ1) is 11.6. The van der Waals surface area contributed by atoms with E-state index in [1.165, 1.54) is 17.4 Å². The van der Waals surface area contributed by atoms with Gasteiger partial charge in [-0.15, -0.1) is 22.7 Å². The fourth-order valence-corrected chi connectivity index (χ4v) is 4.26. The van der Waals surface area contributed by atoms with Crippen molar-refractivity contribution in [2.75, 3.05) is 11.9 Å². The molecule has 124 valence electrons. The SMILES string of the molecule is CCOC(=O)c1sc(NC(=O)/C=C/c2cccs2)c(SC#N)c1C. The van der Waals surface area contributed by atoms with Gasteiger partial charge in [0.05, 0.1) is 11.5 Å². The predicted molar refractivity (Wildman–Crippen MR) is 98.5 cm³/mol. The van der Waals surface area contributed by atoms with Gasteiger partial charge in [-0.25, -0.2) is 4.79 Å². The summed E-state index contributed by atoms with van der Waals surface area (Å²) in [5.74, 6) is -0.769. The van der Waals surface area contributed by atoms with Crippen LogP contribution < -0.4 is 5.32 Å². The van der Waals surface area contributed by atoms with Crippen molar-refractivity contribution >= 4 is 57.4 Å². The number of thioether (sulfide) groups is 1. The van der Waals surface area contributed by atoms with Gasteiger partial charge in [0.1, 0.15) is 15.3 Å². The van der Waals surface area contributed by atoms with Gasteiger partial charge in [0.25, 0.3) is 0 Å². The molecule has 2 aromatic heterocycles. The fourth-order valence-electron chi connectivity index (χ4n) is 1.84. The largest absolute Gasteiger partial charge is 0.462 e. The first kappa shape index (κ1) is 18.3. The molecule has 2 heterocycles. The highest BCUT2D eigenvalue weighted by Gasteiger charge is 2.22. The number of thiocyanates is 1. The van der Waals surface area contributed by atoms with E-state index >= 15 is 0 Å². The lowest BCUT2D eigenvalue weighted by Crippen LogP contribution is -2.06. The highest BCUT2D eigenvalue weighted by molar-refractivity contribution is 8.04. The maximum atomic E-state index is 12.1. The van der Waals surface area contributed by atoms with Gasteiger partial charge < -0.3 is 10.1 Å². The van der Waals surface area contributed by atoms with Crippen molar-refractivity contribution in [2.24, 2.45) is 0 Å². The van der Waals surface area contributed by atoms with Gasteiger partial charge in [-0.1, -0.05) is 6.07 Å². The number of rotatable bonds is 6. The number of hydrogen-bond acceptors (Lipinski definition) is 7. The van der Waals surface area contributed by atoms with Crippen LogP contribution in [0.15, 0.2) is 28.5 Å². The summed E-state index contributed by atoms with van der Waals surface area (Å²) in [6, 6.07) is 3.80. The fraction of sp³-hybridized carbons (Fsp3) is 0.188. The highest BCUT2D eigenvalue weighted by atomic mass is 32.2. The number of nitrogens with zero attached hydrogens (tertiary/aromatic N) is 1. The molecule has 0 aliphatic carbocycles. The summed E-state index contributed by atoms with van der Waals surface area (Å²) >= 11 is 3.56. The Morgan fingerprint density at radius 1 is 1.50 bits per heavy atom. The number of nitrogens with one attached hydrogen (secondary N) is 1. The van der Waals surface area contributed by atoms with E-state index in [1.807, 2.05) is 22.9 Å². The van der Waals surface area contributed by atoms with Crippen LogP contribution in [-0.2, 0) is 9.53 Å². The van der Waals surface area contributed by atoms with Crippen LogP contribution in [0.4, 0.5) is 5.00 Å². The normalized spacial score (nSPS) is 10.5. The van der Waals surface area contributed by atoms with Crippen LogP contribution in [0.1, 0.15) is 27.0 Å². The lowest BCUT2D eigenvalue weighted by Gasteiger charge is -2.01. The zero-order chi connectivity index (χ0) is 17.5. The third-order valence-corrected chi connectivity index (χ3v) is 5.84. The first-order valence-electron chi connectivity index (χ1n) is 6.95. The summed E-state index contributed by atoms with van der Waals surface area (Å²) in [7, 11) is 0. The molecule has 0 spiro atoms. The summed E-state index contributed by atoms with van der Waals surface area (Å²) in [4.78, 5) is 26.0. The second kappa shape index (κ2) is 8.68. The molecule has 0 fully saturated rings. The number of nitriles is 1. The summed E-state index contributed by atoms with van der Waals surface area (Å²) in [6.07, 6.45) is 3.13. The van der Waals surface area contributed by atoms with Crippen molar-refractivity contribution < 1.29 is 14.3 Å². The molecule has 0 unspecified atom stereocenters. The number of ether oxygens (including phenoxy) is 1. The third-order valence-electron chi connectivity index (χ3n) is 2.88. The quantitative estimate of drug-likeness (QED) is 0.346. The van der Waals surface area contributed by atoms with E-state index in [0.717, 1.165) is 28.0 Å². The molecule has 5 nitrogen and oxygen atoms in total. The van der Waals surface area contributed by atoms with Gasteiger partial charge >= 0.3 is 5.97 Å². The van der Waals surface area contributed by atoms with Gasteiger partial charge in [0.2, 0.25) is 5.91 Å². The van der Waals surface area contributed by atoms with Gasteiger partial charge in [0, 0.05) is 11.0 Å². The maximum absolute atomic E-state index is 12.1. The Balaban J connectivity index is 2.22. The molecule has 1 N–H and O–H groups in total. The summed E-state index contributed by atoms with van der Waals surface area (Å²) in [6.45, 7) is 3.73. The molecule has 2 rings (SSSR count). The second-order valence-corrected chi connectivity index (χ2v) is 7.26. The van der Waals surface area contributed by atoms with Gasteiger partial charge in [0.15, 0.2) is 0 Å². The Hall–Kier alpha value is -2.08. The smallest absolute Gasteiger partial charge is 0.348 e. The zero-order valence-corrected chi connectivity index (χ0v) is 15.4. The van der Waals surface area contributed by atoms with Gasteiger partial charge in [-0.3, -0.25) is 4.79 Å². The molecule has 0 atom stereocenters. The molecule has 0 radical (unpaired) electrons. The van der Waals surface area contributed by atoms with Crippen LogP contribution in [0.25, 0.3) is 6.08 Å². The van der Waals surface area contributed by atoms with Gasteiger partial charge in [-0.2, -0.15) is 5.26 Å². The second-order valence-electron chi connectivity index (χ2n) is 4.47. The van der Waals surface area contributed by atoms with Crippen molar-refractivity contribution in [3.05, 3.63) is 38.9 Å². The molecule has 1 amide bonds. The van der Waals surface area contributed by atoms with Crippen LogP contribution in [0.2, 0.25) is 0 Å². The molecule has 0 aliphatic heterocycles. The minimum absolute atomic E-state index is 0.266. The molecule has 8 heteroatoms. The molecule has 24 heavy (non-hydrogen) atoms. The van der Waals surface area contributed by atoms with E-state index < -0.39 is 5.97 Å². The predicted octanol–water partition coefficient (Wildman–Crippen LogP) is 4.52. The first-order valence-corrected chi connectivity index (χ1v) is 9.47. The number of esters is 1. The number of carbonyl (C=O) groups excluding carboxylic acids is 2. The number of thiophene rings is 2. The van der Waals surface area contributed by atoms with Gasteiger partial charge in [-0.05, 0) is 48.7 Å². The molecule has 2 aromatic rings. The summed E-state index contributed by atoms with van der Waals surface area (Å²) in [5.41, 5.74) is 0.641. The Morgan fingerprint density at radius 2 is 2.29 bits per heavy atom. The Kier molecular flexibility index (Phi) is 6.61. The van der Waals surface area contributed by atoms with Crippen LogP contribution in [0.5, 0.6) is 0 Å². The molecular weight excluding hydrogens is 364 g/mol. The standard InChI is InChI=1S/C16H14N2O3S3/c1-3-21-16(20)14-10(2)13(23-9-17)15(24-14)18-12(19)7-6-11-5-4-8-22-11/h4-8H,3H2,1-2H3,(H,18,19)/b7-6+. The Bertz CT molecular complexity index is 801. The molecular formula is C16H14N2O3S3. The maximum Gasteiger partial charge on any atom is 0.348 e. The number of hydrogen-bond donors (Lipinski definition) is 1. The lowest BCUT2D eigenvalue weighted by molar-refractivity contribution is -0.111. The van der Waals surface area contributed by atoms with E-state index in [9.17, 15) is 9.59 Å². The van der Waals surface area contributed by atoms with E-state index in [4.69, 9.17) is 10.00 Å². The zero-order valence-electron chi connectivity index (χ0n) is 13.0. The van der Waals surface area contributed by atoms with Crippen molar-refractivity contribution in [2.45, 2.75) is 18.7 Å².